The lowest BCUT2D eigenvalue weighted by molar-refractivity contribution is -0.0455. The first-order chi connectivity index (χ1) is 14.2. The summed E-state index contributed by atoms with van der Waals surface area (Å²) >= 11 is 13.8. The minimum absolute atomic E-state index is 0.0249. The predicted octanol–water partition coefficient (Wildman–Crippen LogP) is 4.06. The van der Waals surface area contributed by atoms with E-state index in [1.54, 1.807) is 35.2 Å². The average Bonchev–Trinajstić information content (AvgIpc) is 3.04. The number of hydrogen-bond donors (Lipinski definition) is 2. The summed E-state index contributed by atoms with van der Waals surface area (Å²) in [5.41, 5.74) is -0.274. The molecule has 0 bridgehead atoms. The number of sulfonamides is 1. The van der Waals surface area contributed by atoms with Crippen molar-refractivity contribution in [1.29, 1.82) is 0 Å². The van der Waals surface area contributed by atoms with Crippen LogP contribution in [0.1, 0.15) is 25.0 Å². The smallest absolute Gasteiger partial charge is 0.242 e. The highest BCUT2D eigenvalue weighted by molar-refractivity contribution is 8.14. The van der Waals surface area contributed by atoms with Gasteiger partial charge in [0.15, 0.2) is 10.9 Å². The molecule has 1 atom stereocenters. The van der Waals surface area contributed by atoms with Gasteiger partial charge in [0.2, 0.25) is 10.0 Å². The Kier molecular flexibility index (Phi) is 7.37. The molecule has 1 fully saturated rings. The van der Waals surface area contributed by atoms with Gasteiger partial charge in [-0.15, -0.1) is 0 Å². The van der Waals surface area contributed by atoms with Crippen LogP contribution in [0.5, 0.6) is 0 Å². The lowest BCUT2D eigenvalue weighted by Crippen LogP contribution is -2.45. The van der Waals surface area contributed by atoms with Gasteiger partial charge in [0.25, 0.3) is 0 Å². The van der Waals surface area contributed by atoms with Crippen LogP contribution in [-0.4, -0.2) is 42.4 Å². The number of aliphatic hydroxyl groups is 1. The number of aliphatic imine (C=N–C) groups is 1. The summed E-state index contributed by atoms with van der Waals surface area (Å²) < 4.78 is 28.5. The number of amidine groups is 1. The van der Waals surface area contributed by atoms with Gasteiger partial charge < -0.3 is 10.0 Å². The summed E-state index contributed by atoms with van der Waals surface area (Å²) in [5.74, 6) is 0.341. The zero-order valence-electron chi connectivity index (χ0n) is 16.6. The Morgan fingerprint density at radius 1 is 1.20 bits per heavy atom. The van der Waals surface area contributed by atoms with Gasteiger partial charge in [-0.25, -0.2) is 13.1 Å². The van der Waals surface area contributed by atoms with E-state index in [-0.39, 0.29) is 16.5 Å². The summed E-state index contributed by atoms with van der Waals surface area (Å²) in [5, 5.41) is 12.7. The van der Waals surface area contributed by atoms with Crippen molar-refractivity contribution < 1.29 is 13.5 Å². The molecular formula is C20H23Cl2N3O3S2. The largest absolute Gasteiger partial charge is 0.366 e. The third kappa shape index (κ3) is 4.64. The van der Waals surface area contributed by atoms with Gasteiger partial charge in [0.1, 0.15) is 4.90 Å². The number of halogens is 2. The van der Waals surface area contributed by atoms with E-state index in [2.05, 4.69) is 9.71 Å². The Balaban J connectivity index is 1.93. The normalized spacial score (nSPS) is 20.8. The minimum atomic E-state index is -3.94. The van der Waals surface area contributed by atoms with Gasteiger partial charge >= 0.3 is 0 Å². The van der Waals surface area contributed by atoms with Crippen molar-refractivity contribution in [2.45, 2.75) is 31.0 Å². The third-order valence-electron chi connectivity index (χ3n) is 4.78. The Bertz CT molecular complexity index is 1060. The van der Waals surface area contributed by atoms with E-state index in [1.807, 2.05) is 13.8 Å². The summed E-state index contributed by atoms with van der Waals surface area (Å²) in [6.07, 6.45) is 0. The summed E-state index contributed by atoms with van der Waals surface area (Å²) in [7, 11) is -3.94. The summed E-state index contributed by atoms with van der Waals surface area (Å²) in [4.78, 5) is 6.12. The second-order valence-electron chi connectivity index (χ2n) is 6.67. The van der Waals surface area contributed by atoms with Gasteiger partial charge in [-0.3, -0.25) is 4.99 Å². The van der Waals surface area contributed by atoms with Crippen LogP contribution in [0.15, 0.2) is 52.4 Å². The molecule has 0 radical (unpaired) electrons. The number of nitrogens with zero attached hydrogens (tertiary/aromatic N) is 2. The van der Waals surface area contributed by atoms with Crippen molar-refractivity contribution in [3.63, 3.8) is 0 Å². The van der Waals surface area contributed by atoms with Gasteiger partial charge in [-0.05, 0) is 37.6 Å². The van der Waals surface area contributed by atoms with E-state index in [0.717, 1.165) is 5.17 Å². The monoisotopic (exact) mass is 487 g/mol. The molecule has 162 valence electrons. The number of thioether (sulfide) groups is 1. The number of hydrogen-bond acceptors (Lipinski definition) is 5. The molecule has 10 heteroatoms. The molecule has 0 spiro atoms. The van der Waals surface area contributed by atoms with Crippen LogP contribution in [0, 0.1) is 0 Å². The fraction of sp³-hybridized carbons (Fsp3) is 0.350. The predicted molar refractivity (Wildman–Crippen MR) is 124 cm³/mol. The molecule has 2 N–H and O–H groups in total. The molecule has 1 heterocycles. The van der Waals surface area contributed by atoms with Crippen LogP contribution in [0.25, 0.3) is 0 Å². The molecule has 1 unspecified atom stereocenters. The van der Waals surface area contributed by atoms with Crippen LogP contribution >= 0.6 is 35.0 Å². The van der Waals surface area contributed by atoms with Gasteiger partial charge in [-0.2, -0.15) is 0 Å². The molecular weight excluding hydrogens is 465 g/mol. The third-order valence-corrected chi connectivity index (χ3v) is 8.19. The highest BCUT2D eigenvalue weighted by Gasteiger charge is 2.44. The Morgan fingerprint density at radius 3 is 2.60 bits per heavy atom. The Labute approximate surface area is 191 Å². The van der Waals surface area contributed by atoms with Crippen molar-refractivity contribution in [2.75, 3.05) is 18.8 Å². The molecule has 0 aliphatic carbocycles. The molecule has 30 heavy (non-hydrogen) atoms. The van der Waals surface area contributed by atoms with Crippen molar-refractivity contribution in [2.24, 2.45) is 4.99 Å². The maximum Gasteiger partial charge on any atom is 0.242 e. The van der Waals surface area contributed by atoms with E-state index < -0.39 is 15.7 Å². The second kappa shape index (κ2) is 9.46. The van der Waals surface area contributed by atoms with E-state index in [9.17, 15) is 13.5 Å². The molecule has 2 aromatic carbocycles. The van der Waals surface area contributed by atoms with E-state index >= 15 is 0 Å². The quantitative estimate of drug-likeness (QED) is 0.615. The molecule has 0 saturated carbocycles. The van der Waals surface area contributed by atoms with E-state index in [1.165, 1.54) is 23.9 Å². The zero-order valence-corrected chi connectivity index (χ0v) is 19.7. The molecule has 3 rings (SSSR count). The molecule has 1 saturated heterocycles. The van der Waals surface area contributed by atoms with Crippen molar-refractivity contribution in [1.82, 2.24) is 9.62 Å². The standard InChI is InChI=1S/C20H23Cl2N3O3S2/c1-3-23-19-25(4-2)20(26,13-29-19)15-9-10-17(22)18(11-15)30(27,28)24-12-14-7-5-6-8-16(14)21/h5-11,24,26H,3-4,12-13H2,1-2H3. The summed E-state index contributed by atoms with van der Waals surface area (Å²) in [6, 6.07) is 11.6. The first kappa shape index (κ1) is 23.4. The van der Waals surface area contributed by atoms with Crippen LogP contribution < -0.4 is 4.72 Å². The first-order valence-electron chi connectivity index (χ1n) is 9.43. The highest BCUT2D eigenvalue weighted by atomic mass is 35.5. The van der Waals surface area contributed by atoms with Crippen LogP contribution in [-0.2, 0) is 22.3 Å². The number of nitrogens with one attached hydrogen (secondary N) is 1. The average molecular weight is 488 g/mol. The topological polar surface area (TPSA) is 82.0 Å². The molecule has 0 amide bonds. The lowest BCUT2D eigenvalue weighted by Gasteiger charge is -2.34. The van der Waals surface area contributed by atoms with Crippen LogP contribution in [0.4, 0.5) is 0 Å². The highest BCUT2D eigenvalue weighted by Crippen LogP contribution is 2.40. The molecule has 2 aromatic rings. The maximum atomic E-state index is 13.0. The van der Waals surface area contributed by atoms with Crippen LogP contribution in [0.2, 0.25) is 10.0 Å². The number of rotatable bonds is 7. The number of benzene rings is 2. The summed E-state index contributed by atoms with van der Waals surface area (Å²) in [6.45, 7) is 4.99. The first-order valence-corrected chi connectivity index (χ1v) is 12.7. The van der Waals surface area contributed by atoms with Gasteiger partial charge in [-0.1, -0.05) is 59.2 Å². The van der Waals surface area contributed by atoms with Crippen molar-refractivity contribution >= 4 is 50.2 Å². The van der Waals surface area contributed by atoms with Gasteiger partial charge in [0, 0.05) is 30.2 Å². The second-order valence-corrected chi connectivity index (χ2v) is 10.2. The van der Waals surface area contributed by atoms with Crippen LogP contribution in [0.3, 0.4) is 0 Å². The Hall–Kier alpha value is -1.29. The van der Waals surface area contributed by atoms with Crippen molar-refractivity contribution in [3.8, 4) is 0 Å². The minimum Gasteiger partial charge on any atom is -0.366 e. The molecule has 6 nitrogen and oxygen atoms in total. The van der Waals surface area contributed by atoms with Crippen molar-refractivity contribution in [3.05, 3.63) is 63.6 Å². The van der Waals surface area contributed by atoms with Gasteiger partial charge in [0.05, 0.1) is 10.8 Å². The molecule has 1 aliphatic heterocycles. The zero-order chi connectivity index (χ0) is 21.9. The SMILES string of the molecule is CCN=C1SCC(O)(c2ccc(Cl)c(S(=O)(=O)NCc3ccccc3Cl)c2)N1CC. The van der Waals surface area contributed by atoms with E-state index in [0.29, 0.717) is 35.0 Å². The maximum absolute atomic E-state index is 13.0. The fourth-order valence-electron chi connectivity index (χ4n) is 3.23. The Morgan fingerprint density at radius 2 is 1.93 bits per heavy atom. The fourth-order valence-corrected chi connectivity index (χ4v) is 6.27. The lowest BCUT2D eigenvalue weighted by atomic mass is 10.0. The van der Waals surface area contributed by atoms with E-state index in [4.69, 9.17) is 23.2 Å². The molecule has 0 aromatic heterocycles. The molecule has 1 aliphatic rings.